The zero-order chi connectivity index (χ0) is 18.1. The topological polar surface area (TPSA) is 29.5 Å². The third-order valence-corrected chi connectivity index (χ3v) is 4.76. The van der Waals surface area contributed by atoms with Crippen molar-refractivity contribution in [3.05, 3.63) is 70.8 Å². The first-order valence-corrected chi connectivity index (χ1v) is 8.47. The van der Waals surface area contributed by atoms with E-state index in [0.717, 1.165) is 33.6 Å². The van der Waals surface area contributed by atoms with Crippen LogP contribution in [0.4, 0.5) is 0 Å². The molecule has 0 radical (unpaired) electrons. The van der Waals surface area contributed by atoms with E-state index in [4.69, 9.17) is 4.74 Å². The average molecular weight is 332 g/mol. The molecular weight excluding hydrogens is 308 g/mol. The molecule has 0 aliphatic rings. The van der Waals surface area contributed by atoms with Gasteiger partial charge in [0.25, 0.3) is 0 Å². The highest BCUT2D eigenvalue weighted by atomic mass is 16.5. The van der Waals surface area contributed by atoms with E-state index >= 15 is 0 Å². The summed E-state index contributed by atoms with van der Waals surface area (Å²) >= 11 is 0. The first kappa shape index (κ1) is 17.1. The normalized spacial score (nSPS) is 10.8. The number of aromatic hydroxyl groups is 1. The van der Waals surface area contributed by atoms with Crippen LogP contribution in [0.15, 0.2) is 48.5 Å². The van der Waals surface area contributed by atoms with Gasteiger partial charge in [0.05, 0.1) is 7.11 Å². The van der Waals surface area contributed by atoms with Crippen LogP contribution in [0, 0.1) is 27.7 Å². The van der Waals surface area contributed by atoms with Gasteiger partial charge in [-0.05, 0) is 85.3 Å². The molecule has 0 atom stereocenters. The fourth-order valence-corrected chi connectivity index (χ4v) is 3.25. The number of methoxy groups -OCH3 is 1. The van der Waals surface area contributed by atoms with E-state index in [0.29, 0.717) is 0 Å². The van der Waals surface area contributed by atoms with Crippen molar-refractivity contribution >= 4 is 0 Å². The van der Waals surface area contributed by atoms with Crippen molar-refractivity contribution in [1.82, 2.24) is 0 Å². The van der Waals surface area contributed by atoms with E-state index in [2.05, 4.69) is 45.0 Å². The number of aryl methyl sites for hydroxylation is 4. The summed E-state index contributed by atoms with van der Waals surface area (Å²) < 4.78 is 5.34. The molecule has 0 amide bonds. The van der Waals surface area contributed by atoms with Crippen molar-refractivity contribution in [2.75, 3.05) is 7.11 Å². The second-order valence-electron chi connectivity index (χ2n) is 6.68. The summed E-state index contributed by atoms with van der Waals surface area (Å²) in [5.41, 5.74) is 8.74. The average Bonchev–Trinajstić information content (AvgIpc) is 2.59. The second kappa shape index (κ2) is 6.64. The van der Waals surface area contributed by atoms with Gasteiger partial charge in [-0.1, -0.05) is 29.8 Å². The molecule has 0 bridgehead atoms. The molecule has 0 aliphatic heterocycles. The Morgan fingerprint density at radius 1 is 0.640 bits per heavy atom. The van der Waals surface area contributed by atoms with Gasteiger partial charge >= 0.3 is 0 Å². The molecule has 0 fully saturated rings. The Morgan fingerprint density at radius 2 is 1.24 bits per heavy atom. The molecule has 2 nitrogen and oxygen atoms in total. The van der Waals surface area contributed by atoms with Gasteiger partial charge in [-0.3, -0.25) is 0 Å². The first-order chi connectivity index (χ1) is 11.9. The molecule has 3 rings (SSSR count). The van der Waals surface area contributed by atoms with Gasteiger partial charge in [0.15, 0.2) is 0 Å². The van der Waals surface area contributed by atoms with Crippen LogP contribution in [0.25, 0.3) is 22.3 Å². The molecule has 3 aromatic carbocycles. The maximum absolute atomic E-state index is 10.7. The number of hydrogen-bond acceptors (Lipinski definition) is 2. The van der Waals surface area contributed by atoms with Crippen LogP contribution < -0.4 is 4.74 Å². The molecule has 0 saturated heterocycles. The predicted octanol–water partition coefficient (Wildman–Crippen LogP) is 5.97. The molecular formula is C23H24O2. The lowest BCUT2D eigenvalue weighted by Crippen LogP contribution is -1.92. The lowest BCUT2D eigenvalue weighted by molar-refractivity contribution is 0.415. The fraction of sp³-hybridized carbons (Fsp3) is 0.217. The summed E-state index contributed by atoms with van der Waals surface area (Å²) in [6.45, 7) is 8.33. The summed E-state index contributed by atoms with van der Waals surface area (Å²) in [6, 6.07) is 16.3. The highest BCUT2D eigenvalue weighted by Gasteiger charge is 2.14. The minimum absolute atomic E-state index is 0.290. The van der Waals surface area contributed by atoms with Crippen molar-refractivity contribution in [2.45, 2.75) is 27.7 Å². The zero-order valence-electron chi connectivity index (χ0n) is 15.5. The van der Waals surface area contributed by atoms with E-state index in [1.54, 1.807) is 7.11 Å². The molecule has 128 valence electrons. The van der Waals surface area contributed by atoms with Gasteiger partial charge in [-0.25, -0.2) is 0 Å². The third-order valence-electron chi connectivity index (χ3n) is 4.76. The molecule has 0 saturated carbocycles. The molecule has 25 heavy (non-hydrogen) atoms. The van der Waals surface area contributed by atoms with E-state index in [-0.39, 0.29) is 5.75 Å². The Morgan fingerprint density at radius 3 is 1.92 bits per heavy atom. The van der Waals surface area contributed by atoms with Crippen LogP contribution in [-0.2, 0) is 0 Å². The molecule has 0 spiro atoms. The van der Waals surface area contributed by atoms with Gasteiger partial charge < -0.3 is 9.84 Å². The van der Waals surface area contributed by atoms with Crippen molar-refractivity contribution < 1.29 is 9.84 Å². The number of phenols is 1. The van der Waals surface area contributed by atoms with Gasteiger partial charge in [0.1, 0.15) is 11.5 Å². The molecule has 0 aliphatic carbocycles. The molecule has 1 N–H and O–H groups in total. The quantitative estimate of drug-likeness (QED) is 0.640. The number of benzene rings is 3. The van der Waals surface area contributed by atoms with Gasteiger partial charge in [-0.2, -0.15) is 0 Å². The number of ether oxygens (including phenoxy) is 1. The van der Waals surface area contributed by atoms with Gasteiger partial charge in [0.2, 0.25) is 0 Å². The summed E-state index contributed by atoms with van der Waals surface area (Å²) in [4.78, 5) is 0. The summed E-state index contributed by atoms with van der Waals surface area (Å²) in [5, 5.41) is 10.7. The summed E-state index contributed by atoms with van der Waals surface area (Å²) in [5.74, 6) is 1.08. The largest absolute Gasteiger partial charge is 0.507 e. The van der Waals surface area contributed by atoms with E-state index in [9.17, 15) is 5.11 Å². The number of hydrogen-bond donors (Lipinski definition) is 1. The van der Waals surface area contributed by atoms with E-state index in [1.807, 2.05) is 31.2 Å². The van der Waals surface area contributed by atoms with Crippen molar-refractivity contribution in [1.29, 1.82) is 0 Å². The molecule has 0 aromatic heterocycles. The number of rotatable bonds is 3. The predicted molar refractivity (Wildman–Crippen MR) is 104 cm³/mol. The Balaban J connectivity index is 2.18. The van der Waals surface area contributed by atoms with Crippen LogP contribution in [0.5, 0.6) is 11.5 Å². The minimum atomic E-state index is 0.290. The van der Waals surface area contributed by atoms with Crippen molar-refractivity contribution in [3.63, 3.8) is 0 Å². The SMILES string of the molecule is COc1ccc(C)c(-c2cc(C)c(-c3cc(C)ccc3C)cc2O)c1. The van der Waals surface area contributed by atoms with Crippen LogP contribution in [0.1, 0.15) is 22.3 Å². The maximum atomic E-state index is 10.7. The maximum Gasteiger partial charge on any atom is 0.124 e. The summed E-state index contributed by atoms with van der Waals surface area (Å²) in [6.07, 6.45) is 0. The molecule has 2 heteroatoms. The van der Waals surface area contributed by atoms with Crippen molar-refractivity contribution in [3.8, 4) is 33.8 Å². The van der Waals surface area contributed by atoms with Crippen LogP contribution in [-0.4, -0.2) is 12.2 Å². The Bertz CT molecular complexity index is 939. The zero-order valence-corrected chi connectivity index (χ0v) is 15.5. The lowest BCUT2D eigenvalue weighted by Gasteiger charge is -2.16. The minimum Gasteiger partial charge on any atom is -0.507 e. The lowest BCUT2D eigenvalue weighted by atomic mass is 9.90. The Kier molecular flexibility index (Phi) is 4.54. The van der Waals surface area contributed by atoms with Gasteiger partial charge in [0, 0.05) is 5.56 Å². The Hall–Kier alpha value is -2.74. The highest BCUT2D eigenvalue weighted by molar-refractivity contribution is 5.81. The summed E-state index contributed by atoms with van der Waals surface area (Å²) in [7, 11) is 1.66. The molecule has 0 heterocycles. The number of phenolic OH excluding ortho intramolecular Hbond substituents is 1. The van der Waals surface area contributed by atoms with E-state index < -0.39 is 0 Å². The fourth-order valence-electron chi connectivity index (χ4n) is 3.25. The first-order valence-electron chi connectivity index (χ1n) is 8.47. The van der Waals surface area contributed by atoms with Crippen molar-refractivity contribution in [2.24, 2.45) is 0 Å². The molecule has 3 aromatic rings. The van der Waals surface area contributed by atoms with Crippen LogP contribution in [0.3, 0.4) is 0 Å². The monoisotopic (exact) mass is 332 g/mol. The second-order valence-corrected chi connectivity index (χ2v) is 6.68. The standard InChI is InChI=1S/C23H24O2/c1-14-6-7-15(2)19(10-14)21-13-23(24)22(11-17(21)4)20-12-18(25-5)9-8-16(20)3/h6-13,24H,1-5H3. The van der Waals surface area contributed by atoms with Gasteiger partial charge in [-0.15, -0.1) is 0 Å². The van der Waals surface area contributed by atoms with Crippen LogP contribution >= 0.6 is 0 Å². The smallest absolute Gasteiger partial charge is 0.124 e. The molecule has 0 unspecified atom stereocenters. The van der Waals surface area contributed by atoms with E-state index in [1.165, 1.54) is 16.7 Å². The third kappa shape index (κ3) is 3.25. The Labute approximate surface area is 149 Å². The highest BCUT2D eigenvalue weighted by Crippen LogP contribution is 2.39. The van der Waals surface area contributed by atoms with Crippen LogP contribution in [0.2, 0.25) is 0 Å².